The molecule has 4 nitrogen and oxygen atoms in total. The lowest BCUT2D eigenvalue weighted by atomic mass is 10.0. The second kappa shape index (κ2) is 7.34. The maximum Gasteiger partial charge on any atom is 0.315 e. The molecule has 1 unspecified atom stereocenters. The lowest BCUT2D eigenvalue weighted by Gasteiger charge is -2.15. The van der Waals surface area contributed by atoms with E-state index in [1.54, 1.807) is 12.1 Å². The molecule has 5 heteroatoms. The fourth-order valence-corrected chi connectivity index (χ4v) is 2.83. The Balaban J connectivity index is 1.46. The number of rotatable bonds is 5. The van der Waals surface area contributed by atoms with Gasteiger partial charge in [-0.25, -0.2) is 9.18 Å². The van der Waals surface area contributed by atoms with Crippen LogP contribution in [0.3, 0.4) is 0 Å². The number of hydrogen-bond donors (Lipinski definition) is 2. The van der Waals surface area contributed by atoms with Crippen LogP contribution in [0.2, 0.25) is 0 Å². The van der Waals surface area contributed by atoms with E-state index in [2.05, 4.69) is 16.7 Å². The Kier molecular flexibility index (Phi) is 4.99. The molecule has 0 aromatic heterocycles. The Morgan fingerprint density at radius 1 is 1.21 bits per heavy atom. The van der Waals surface area contributed by atoms with Crippen LogP contribution in [0.5, 0.6) is 5.75 Å². The van der Waals surface area contributed by atoms with Crippen LogP contribution in [0, 0.1) is 5.82 Å². The summed E-state index contributed by atoms with van der Waals surface area (Å²) in [6.45, 7) is 3.09. The first kappa shape index (κ1) is 16.3. The lowest BCUT2D eigenvalue weighted by molar-refractivity contribution is 0.237. The molecule has 2 aromatic carbocycles. The summed E-state index contributed by atoms with van der Waals surface area (Å²) in [6, 6.07) is 12.1. The highest BCUT2D eigenvalue weighted by Gasteiger charge is 2.14. The van der Waals surface area contributed by atoms with E-state index in [1.165, 1.54) is 23.3 Å². The lowest BCUT2D eigenvalue weighted by Crippen LogP contribution is -2.41. The van der Waals surface area contributed by atoms with Gasteiger partial charge in [-0.2, -0.15) is 0 Å². The maximum atomic E-state index is 12.8. The molecule has 0 saturated carbocycles. The Labute approximate surface area is 141 Å². The summed E-state index contributed by atoms with van der Waals surface area (Å²) in [7, 11) is 0. The average molecular weight is 328 g/mol. The second-order valence-corrected chi connectivity index (χ2v) is 6.10. The fourth-order valence-electron chi connectivity index (χ4n) is 2.83. The van der Waals surface area contributed by atoms with Gasteiger partial charge in [0.1, 0.15) is 11.6 Å². The van der Waals surface area contributed by atoms with Crippen LogP contribution in [0.15, 0.2) is 42.5 Å². The van der Waals surface area contributed by atoms with Gasteiger partial charge in [0, 0.05) is 19.0 Å². The Bertz CT molecular complexity index is 716. The van der Waals surface area contributed by atoms with Crippen molar-refractivity contribution >= 4 is 6.03 Å². The van der Waals surface area contributed by atoms with Crippen molar-refractivity contribution in [3.05, 3.63) is 65.0 Å². The van der Waals surface area contributed by atoms with Crippen LogP contribution in [-0.2, 0) is 19.4 Å². The predicted octanol–water partition coefficient (Wildman–Crippen LogP) is 3.19. The number of nitrogens with one attached hydrogen (secondary N) is 2. The summed E-state index contributed by atoms with van der Waals surface area (Å²) in [5.41, 5.74) is 3.28. The van der Waals surface area contributed by atoms with Gasteiger partial charge in [-0.15, -0.1) is 0 Å². The molecule has 0 bridgehead atoms. The number of fused-ring (bicyclic) bond motifs is 1. The Morgan fingerprint density at radius 2 is 1.96 bits per heavy atom. The van der Waals surface area contributed by atoms with Crippen LogP contribution >= 0.6 is 0 Å². The first-order valence-electron chi connectivity index (χ1n) is 8.13. The molecule has 1 atom stereocenters. The molecule has 0 fully saturated rings. The van der Waals surface area contributed by atoms with Crippen molar-refractivity contribution in [3.63, 3.8) is 0 Å². The van der Waals surface area contributed by atoms with Crippen LogP contribution in [0.25, 0.3) is 0 Å². The molecule has 126 valence electrons. The van der Waals surface area contributed by atoms with E-state index >= 15 is 0 Å². The molecule has 2 N–H and O–H groups in total. The predicted molar refractivity (Wildman–Crippen MR) is 90.6 cm³/mol. The molecule has 24 heavy (non-hydrogen) atoms. The van der Waals surface area contributed by atoms with E-state index < -0.39 is 0 Å². The molecular weight excluding hydrogens is 307 g/mol. The number of amides is 2. The number of benzene rings is 2. The summed E-state index contributed by atoms with van der Waals surface area (Å²) in [6.07, 6.45) is 1.71. The van der Waals surface area contributed by atoms with Gasteiger partial charge in [-0.05, 0) is 48.2 Å². The molecule has 0 spiro atoms. The second-order valence-electron chi connectivity index (χ2n) is 6.10. The SMILES string of the molecule is CC(Cc1ccc2c(c1)CCO2)NC(=O)NCc1ccc(F)cc1. The zero-order valence-electron chi connectivity index (χ0n) is 13.6. The van der Waals surface area contributed by atoms with E-state index in [0.717, 1.165) is 30.8 Å². The van der Waals surface area contributed by atoms with Gasteiger partial charge >= 0.3 is 6.03 Å². The Morgan fingerprint density at radius 3 is 2.75 bits per heavy atom. The van der Waals surface area contributed by atoms with Gasteiger partial charge < -0.3 is 15.4 Å². The highest BCUT2D eigenvalue weighted by molar-refractivity contribution is 5.74. The minimum atomic E-state index is -0.281. The van der Waals surface area contributed by atoms with Crippen molar-refractivity contribution in [1.29, 1.82) is 0 Å². The van der Waals surface area contributed by atoms with Gasteiger partial charge in [0.15, 0.2) is 0 Å². The highest BCUT2D eigenvalue weighted by Crippen LogP contribution is 2.26. The molecule has 2 amide bonds. The van der Waals surface area contributed by atoms with Crippen LogP contribution in [-0.4, -0.2) is 18.7 Å². The van der Waals surface area contributed by atoms with Crippen molar-refractivity contribution in [3.8, 4) is 5.75 Å². The van der Waals surface area contributed by atoms with Crippen LogP contribution in [0.4, 0.5) is 9.18 Å². The van der Waals surface area contributed by atoms with Gasteiger partial charge in [0.25, 0.3) is 0 Å². The molecule has 3 rings (SSSR count). The summed E-state index contributed by atoms with van der Waals surface area (Å²) in [5.74, 6) is 0.688. The molecule has 0 saturated heterocycles. The minimum Gasteiger partial charge on any atom is -0.493 e. The van der Waals surface area contributed by atoms with Gasteiger partial charge in [-0.3, -0.25) is 0 Å². The number of urea groups is 1. The molecule has 1 heterocycles. The highest BCUT2D eigenvalue weighted by atomic mass is 19.1. The number of halogens is 1. The molecule has 0 aliphatic carbocycles. The number of ether oxygens (including phenoxy) is 1. The van der Waals surface area contributed by atoms with Crippen molar-refractivity contribution in [1.82, 2.24) is 10.6 Å². The fraction of sp³-hybridized carbons (Fsp3) is 0.316. The third-order valence-corrected chi connectivity index (χ3v) is 4.04. The van der Waals surface area contributed by atoms with Crippen molar-refractivity contribution in [2.75, 3.05) is 6.61 Å². The van der Waals surface area contributed by atoms with E-state index in [0.29, 0.717) is 6.54 Å². The number of carbonyl (C=O) groups is 1. The topological polar surface area (TPSA) is 50.4 Å². The summed E-state index contributed by atoms with van der Waals surface area (Å²) in [5, 5.41) is 5.71. The first-order chi connectivity index (χ1) is 11.6. The van der Waals surface area contributed by atoms with E-state index in [4.69, 9.17) is 4.74 Å². The molecule has 0 radical (unpaired) electrons. The van der Waals surface area contributed by atoms with Crippen LogP contribution in [0.1, 0.15) is 23.6 Å². The molecular formula is C19H21FN2O2. The van der Waals surface area contributed by atoms with Gasteiger partial charge in [0.05, 0.1) is 6.61 Å². The standard InChI is InChI=1S/C19H21FN2O2/c1-13(10-15-4-7-18-16(11-15)8-9-24-18)22-19(23)21-12-14-2-5-17(20)6-3-14/h2-7,11,13H,8-10,12H2,1H3,(H2,21,22,23). The van der Waals surface area contributed by atoms with Crippen molar-refractivity contribution in [2.45, 2.75) is 32.4 Å². The van der Waals surface area contributed by atoms with Gasteiger partial charge in [-0.1, -0.05) is 24.3 Å². The molecule has 1 aliphatic heterocycles. The van der Waals surface area contributed by atoms with E-state index in [1.807, 2.05) is 19.1 Å². The summed E-state index contributed by atoms with van der Waals surface area (Å²) in [4.78, 5) is 12.0. The normalized spacial score (nSPS) is 13.8. The number of hydrogen-bond acceptors (Lipinski definition) is 2. The summed E-state index contributed by atoms with van der Waals surface area (Å²) < 4.78 is 18.3. The largest absolute Gasteiger partial charge is 0.493 e. The van der Waals surface area contributed by atoms with Gasteiger partial charge in [0.2, 0.25) is 0 Å². The monoisotopic (exact) mass is 328 g/mol. The molecule has 2 aromatic rings. The minimum absolute atomic E-state index is 0.0126. The summed E-state index contributed by atoms with van der Waals surface area (Å²) >= 11 is 0. The van der Waals surface area contributed by atoms with Crippen molar-refractivity contribution in [2.24, 2.45) is 0 Å². The van der Waals surface area contributed by atoms with Crippen molar-refractivity contribution < 1.29 is 13.9 Å². The third-order valence-electron chi connectivity index (χ3n) is 4.04. The smallest absolute Gasteiger partial charge is 0.315 e. The zero-order chi connectivity index (χ0) is 16.9. The molecule has 1 aliphatic rings. The van der Waals surface area contributed by atoms with E-state index in [-0.39, 0.29) is 17.9 Å². The van der Waals surface area contributed by atoms with Crippen LogP contribution < -0.4 is 15.4 Å². The third kappa shape index (κ3) is 4.25. The van der Waals surface area contributed by atoms with E-state index in [9.17, 15) is 9.18 Å². The average Bonchev–Trinajstić information content (AvgIpc) is 3.02. The first-order valence-corrected chi connectivity index (χ1v) is 8.13. The zero-order valence-corrected chi connectivity index (χ0v) is 13.6. The maximum absolute atomic E-state index is 12.8. The number of carbonyl (C=O) groups excluding carboxylic acids is 1. The quantitative estimate of drug-likeness (QED) is 0.885. The Hall–Kier alpha value is -2.56.